The Morgan fingerprint density at radius 3 is 2.42 bits per heavy atom. The van der Waals surface area contributed by atoms with E-state index < -0.39 is 11.7 Å². The first-order chi connectivity index (χ1) is 12.4. The molecule has 2 saturated heterocycles. The van der Waals surface area contributed by atoms with Gasteiger partial charge < -0.3 is 19.9 Å². The number of carbonyl (C=O) groups excluding carboxylic acids is 1. The van der Waals surface area contributed by atoms with Gasteiger partial charge in [-0.1, -0.05) is 12.1 Å². The summed E-state index contributed by atoms with van der Waals surface area (Å²) in [5, 5.41) is 2.92. The van der Waals surface area contributed by atoms with Gasteiger partial charge in [0.25, 0.3) is 5.91 Å². The number of halogens is 3. The van der Waals surface area contributed by atoms with Gasteiger partial charge in [0.2, 0.25) is 0 Å². The maximum Gasteiger partial charge on any atom is 0.418 e. The minimum Gasteiger partial charge on any atom is -0.368 e. The molecule has 0 radical (unpaired) electrons. The Hall–Kier alpha value is -1.87. The molecule has 0 bridgehead atoms. The van der Waals surface area contributed by atoms with E-state index in [1.165, 1.54) is 18.2 Å². The van der Waals surface area contributed by atoms with Crippen LogP contribution < -0.4 is 5.32 Å². The van der Waals surface area contributed by atoms with Crippen molar-refractivity contribution in [2.24, 2.45) is 0 Å². The minimum absolute atomic E-state index is 0.0107. The number of alkyl halides is 3. The number of rotatable bonds is 2. The average Bonchev–Trinajstić information content (AvgIpc) is 3.15. The Bertz CT molecular complexity index is 669. The highest BCUT2D eigenvalue weighted by Crippen LogP contribution is 2.34. The molecule has 0 saturated carbocycles. The first kappa shape index (κ1) is 18.9. The summed E-state index contributed by atoms with van der Waals surface area (Å²) in [6.07, 6.45) is -3.17. The minimum atomic E-state index is -4.45. The lowest BCUT2D eigenvalue weighted by molar-refractivity contribution is -0.142. The molecule has 9 heteroatoms. The van der Waals surface area contributed by atoms with Crippen LogP contribution in [0.1, 0.15) is 18.4 Å². The van der Waals surface area contributed by atoms with E-state index in [9.17, 15) is 18.0 Å². The van der Waals surface area contributed by atoms with Gasteiger partial charge in [-0.2, -0.15) is 13.2 Å². The molecule has 1 atom stereocenters. The molecule has 2 fully saturated rings. The highest BCUT2D eigenvalue weighted by molar-refractivity contribution is 7.80. The van der Waals surface area contributed by atoms with Gasteiger partial charge in [-0.3, -0.25) is 4.79 Å². The quantitative estimate of drug-likeness (QED) is 0.791. The Morgan fingerprint density at radius 1 is 1.15 bits per heavy atom. The molecule has 0 aliphatic carbocycles. The van der Waals surface area contributed by atoms with Gasteiger partial charge >= 0.3 is 6.18 Å². The zero-order valence-electron chi connectivity index (χ0n) is 14.1. The summed E-state index contributed by atoms with van der Waals surface area (Å²) in [5.41, 5.74) is -0.822. The number of piperazine rings is 1. The molecule has 1 amide bonds. The summed E-state index contributed by atoms with van der Waals surface area (Å²) in [4.78, 5) is 15.8. The number of hydrogen-bond acceptors (Lipinski definition) is 3. The molecule has 1 aromatic rings. The number of carbonyl (C=O) groups is 1. The lowest BCUT2D eigenvalue weighted by Gasteiger charge is -2.37. The summed E-state index contributed by atoms with van der Waals surface area (Å²) in [7, 11) is 0. The Morgan fingerprint density at radius 2 is 1.81 bits per heavy atom. The summed E-state index contributed by atoms with van der Waals surface area (Å²) >= 11 is 5.27. The smallest absolute Gasteiger partial charge is 0.368 e. The third-order valence-electron chi connectivity index (χ3n) is 4.56. The van der Waals surface area contributed by atoms with Crippen molar-refractivity contribution >= 4 is 28.9 Å². The normalized spacial score (nSPS) is 21.0. The van der Waals surface area contributed by atoms with Gasteiger partial charge in [-0.05, 0) is 37.2 Å². The van der Waals surface area contributed by atoms with Crippen LogP contribution in [0.3, 0.4) is 0 Å². The zero-order chi connectivity index (χ0) is 18.7. The molecular weight excluding hydrogens is 367 g/mol. The number of ether oxygens (including phenoxy) is 1. The largest absolute Gasteiger partial charge is 0.418 e. The van der Waals surface area contributed by atoms with Crippen LogP contribution in [0.2, 0.25) is 0 Å². The lowest BCUT2D eigenvalue weighted by atomic mass is 10.1. The van der Waals surface area contributed by atoms with E-state index in [0.29, 0.717) is 32.8 Å². The molecule has 0 unspecified atom stereocenters. The van der Waals surface area contributed by atoms with Gasteiger partial charge in [0, 0.05) is 32.8 Å². The van der Waals surface area contributed by atoms with E-state index >= 15 is 0 Å². The van der Waals surface area contributed by atoms with Crippen LogP contribution in [0, 0.1) is 0 Å². The van der Waals surface area contributed by atoms with Crippen LogP contribution >= 0.6 is 12.2 Å². The Balaban J connectivity index is 1.57. The monoisotopic (exact) mass is 387 g/mol. The van der Waals surface area contributed by atoms with E-state index in [-0.39, 0.29) is 22.8 Å². The fourth-order valence-electron chi connectivity index (χ4n) is 3.14. The molecule has 1 aromatic carbocycles. The number of anilines is 1. The summed E-state index contributed by atoms with van der Waals surface area (Å²) in [5.74, 6) is -0.0107. The molecule has 26 heavy (non-hydrogen) atoms. The van der Waals surface area contributed by atoms with Gasteiger partial charge in [-0.25, -0.2) is 0 Å². The van der Waals surface area contributed by atoms with E-state index in [1.807, 2.05) is 0 Å². The predicted molar refractivity (Wildman–Crippen MR) is 94.8 cm³/mol. The van der Waals surface area contributed by atoms with Crippen molar-refractivity contribution in [1.82, 2.24) is 9.80 Å². The molecule has 2 aliphatic rings. The van der Waals surface area contributed by atoms with Crippen LogP contribution in [-0.4, -0.2) is 59.7 Å². The van der Waals surface area contributed by atoms with Crippen molar-refractivity contribution in [2.75, 3.05) is 38.1 Å². The third-order valence-corrected chi connectivity index (χ3v) is 4.92. The number of amides is 1. The van der Waals surface area contributed by atoms with E-state index in [2.05, 4.69) is 5.32 Å². The maximum absolute atomic E-state index is 13.1. The number of para-hydroxylation sites is 1. The zero-order valence-corrected chi connectivity index (χ0v) is 14.9. The second kappa shape index (κ2) is 7.79. The number of nitrogens with one attached hydrogen (secondary N) is 1. The SMILES string of the molecule is O=C([C@@H]1CCCO1)N1CCN(C(=S)Nc2ccccc2C(F)(F)F)CC1. The third kappa shape index (κ3) is 4.27. The maximum atomic E-state index is 13.1. The van der Waals surface area contributed by atoms with Crippen LogP contribution in [0.4, 0.5) is 18.9 Å². The number of nitrogens with zero attached hydrogens (tertiary/aromatic N) is 2. The van der Waals surface area contributed by atoms with Crippen molar-refractivity contribution in [1.29, 1.82) is 0 Å². The number of hydrogen-bond donors (Lipinski definition) is 1. The fourth-order valence-corrected chi connectivity index (χ4v) is 3.43. The highest BCUT2D eigenvalue weighted by atomic mass is 32.1. The first-order valence-electron chi connectivity index (χ1n) is 8.49. The van der Waals surface area contributed by atoms with Gasteiger partial charge in [0.15, 0.2) is 5.11 Å². The standard InChI is InChI=1S/C17H20F3N3O2S/c18-17(19,20)12-4-1-2-5-13(12)21-16(26)23-9-7-22(8-10-23)15(24)14-6-3-11-25-14/h1-2,4-5,14H,3,6-11H2,(H,21,26)/t14-/m0/s1. The molecule has 142 valence electrons. The molecule has 3 rings (SSSR count). The topological polar surface area (TPSA) is 44.8 Å². The highest BCUT2D eigenvalue weighted by Gasteiger charge is 2.34. The second-order valence-corrected chi connectivity index (χ2v) is 6.67. The predicted octanol–water partition coefficient (Wildman–Crippen LogP) is 2.73. The van der Waals surface area contributed by atoms with Gasteiger partial charge in [0.1, 0.15) is 6.10 Å². The van der Waals surface area contributed by atoms with Gasteiger partial charge in [0.05, 0.1) is 11.3 Å². The molecule has 2 aliphatic heterocycles. The average molecular weight is 387 g/mol. The molecule has 2 heterocycles. The second-order valence-electron chi connectivity index (χ2n) is 6.29. The molecule has 1 N–H and O–H groups in total. The van der Waals surface area contributed by atoms with Crippen molar-refractivity contribution in [2.45, 2.75) is 25.1 Å². The van der Waals surface area contributed by atoms with Crippen LogP contribution in [-0.2, 0) is 15.7 Å². The summed E-state index contributed by atoms with van der Waals surface area (Å²) in [6, 6.07) is 5.24. The van der Waals surface area contributed by atoms with E-state index in [1.54, 1.807) is 9.80 Å². The van der Waals surface area contributed by atoms with Crippen molar-refractivity contribution in [3.63, 3.8) is 0 Å². The summed E-state index contributed by atoms with van der Waals surface area (Å²) < 4.78 is 44.6. The van der Waals surface area contributed by atoms with Crippen LogP contribution in [0.5, 0.6) is 0 Å². The molecular formula is C17H20F3N3O2S. The van der Waals surface area contributed by atoms with Crippen molar-refractivity contribution in [3.05, 3.63) is 29.8 Å². The Kier molecular flexibility index (Phi) is 5.67. The Labute approximate surface area is 155 Å². The summed E-state index contributed by atoms with van der Waals surface area (Å²) in [6.45, 7) is 2.50. The lowest BCUT2D eigenvalue weighted by Crippen LogP contribution is -2.53. The van der Waals surface area contributed by atoms with Crippen molar-refractivity contribution < 1.29 is 22.7 Å². The van der Waals surface area contributed by atoms with E-state index in [4.69, 9.17) is 17.0 Å². The molecule has 0 aromatic heterocycles. The first-order valence-corrected chi connectivity index (χ1v) is 8.89. The van der Waals surface area contributed by atoms with Crippen molar-refractivity contribution in [3.8, 4) is 0 Å². The molecule has 0 spiro atoms. The van der Waals surface area contributed by atoms with E-state index in [0.717, 1.165) is 18.9 Å². The number of thiocarbonyl (C=S) groups is 1. The number of benzene rings is 1. The molecule has 5 nitrogen and oxygen atoms in total. The van der Waals surface area contributed by atoms with Gasteiger partial charge in [-0.15, -0.1) is 0 Å². The van der Waals surface area contributed by atoms with Crippen LogP contribution in [0.25, 0.3) is 0 Å². The van der Waals surface area contributed by atoms with Crippen LogP contribution in [0.15, 0.2) is 24.3 Å². The fraction of sp³-hybridized carbons (Fsp3) is 0.529.